The molecule has 0 saturated heterocycles. The van der Waals surface area contributed by atoms with Crippen LogP contribution in [0.1, 0.15) is 38.2 Å². The molecule has 0 aromatic heterocycles. The highest BCUT2D eigenvalue weighted by molar-refractivity contribution is 5.40. The van der Waals surface area contributed by atoms with Gasteiger partial charge in [0, 0.05) is 11.6 Å². The topological polar surface area (TPSA) is 35.2 Å². The van der Waals surface area contributed by atoms with E-state index in [1.807, 2.05) is 0 Å². The molecule has 1 aromatic rings. The summed E-state index contributed by atoms with van der Waals surface area (Å²) in [5, 5.41) is 0. The third-order valence-electron chi connectivity index (χ3n) is 3.47. The van der Waals surface area contributed by atoms with Gasteiger partial charge in [-0.15, -0.1) is 0 Å². The van der Waals surface area contributed by atoms with E-state index in [0.29, 0.717) is 11.3 Å². The molecule has 0 amide bonds. The fourth-order valence-corrected chi connectivity index (χ4v) is 2.40. The van der Waals surface area contributed by atoms with E-state index in [9.17, 15) is 4.39 Å². The van der Waals surface area contributed by atoms with Crippen LogP contribution in [0.4, 0.5) is 4.39 Å². The summed E-state index contributed by atoms with van der Waals surface area (Å²) >= 11 is 0. The van der Waals surface area contributed by atoms with Crippen LogP contribution in [0.3, 0.4) is 0 Å². The Bertz CT molecular complexity index is 481. The zero-order valence-electron chi connectivity index (χ0n) is 11.3. The predicted molar refractivity (Wildman–Crippen MR) is 74.4 cm³/mol. The number of hydrogen-bond donors (Lipinski definition) is 1. The number of nitrogens with two attached hydrogens (primary N) is 1. The first-order valence-electron chi connectivity index (χ1n) is 6.83. The van der Waals surface area contributed by atoms with Gasteiger partial charge in [0.25, 0.3) is 0 Å². The molecule has 1 aromatic carbocycles. The van der Waals surface area contributed by atoms with Crippen molar-refractivity contribution >= 4 is 0 Å². The van der Waals surface area contributed by atoms with Gasteiger partial charge in [-0.25, -0.2) is 4.39 Å². The molecule has 0 heterocycles. The molecule has 1 saturated carbocycles. The van der Waals surface area contributed by atoms with Crippen LogP contribution in [0, 0.1) is 23.6 Å². The van der Waals surface area contributed by atoms with Gasteiger partial charge in [0.15, 0.2) is 0 Å². The number of benzene rings is 1. The van der Waals surface area contributed by atoms with Crippen LogP contribution in [0.15, 0.2) is 18.2 Å². The normalized spacial score (nSPS) is 22.5. The van der Waals surface area contributed by atoms with Crippen molar-refractivity contribution in [2.75, 3.05) is 6.54 Å². The van der Waals surface area contributed by atoms with Gasteiger partial charge < -0.3 is 10.5 Å². The van der Waals surface area contributed by atoms with Gasteiger partial charge in [-0.1, -0.05) is 18.8 Å². The predicted octanol–water partition coefficient (Wildman–Crippen LogP) is 3.09. The molecule has 0 aliphatic heterocycles. The average Bonchev–Trinajstić information content (AvgIpc) is 2.38. The minimum Gasteiger partial charge on any atom is -0.490 e. The van der Waals surface area contributed by atoms with E-state index in [1.54, 1.807) is 6.07 Å². The summed E-state index contributed by atoms with van der Waals surface area (Å²) in [6.07, 6.45) is 4.65. The minimum absolute atomic E-state index is 0.202. The molecule has 1 aliphatic carbocycles. The number of hydrogen-bond acceptors (Lipinski definition) is 2. The van der Waals surface area contributed by atoms with Crippen molar-refractivity contribution in [2.24, 2.45) is 11.7 Å². The molecule has 0 atom stereocenters. The van der Waals surface area contributed by atoms with Gasteiger partial charge in [0.2, 0.25) is 0 Å². The first-order valence-corrected chi connectivity index (χ1v) is 6.83. The minimum atomic E-state index is -0.317. The molecule has 0 bridgehead atoms. The van der Waals surface area contributed by atoms with Crippen molar-refractivity contribution in [2.45, 2.75) is 38.7 Å². The molecule has 2 rings (SSSR count). The Hall–Kier alpha value is -1.53. The third-order valence-corrected chi connectivity index (χ3v) is 3.47. The fourth-order valence-electron chi connectivity index (χ4n) is 2.40. The molecule has 2 nitrogen and oxygen atoms in total. The molecule has 102 valence electrons. The molecule has 2 N–H and O–H groups in total. The monoisotopic (exact) mass is 261 g/mol. The maximum Gasteiger partial charge on any atom is 0.128 e. The molecular weight excluding hydrogens is 241 g/mol. The maximum absolute atomic E-state index is 13.5. The van der Waals surface area contributed by atoms with Crippen molar-refractivity contribution in [3.8, 4) is 17.6 Å². The molecular formula is C16H20FNO. The van der Waals surface area contributed by atoms with E-state index in [0.717, 1.165) is 18.8 Å². The van der Waals surface area contributed by atoms with Gasteiger partial charge in [0.05, 0.1) is 12.6 Å². The summed E-state index contributed by atoms with van der Waals surface area (Å²) in [5.41, 5.74) is 5.93. The molecule has 0 radical (unpaired) electrons. The standard InChI is InChI=1S/C16H20FNO/c1-12-4-6-15(7-5-12)19-16-10-13(3-2-8-18)9-14(17)11-16/h9-12,15H,4-8,18H2,1H3. The number of rotatable bonds is 2. The molecule has 1 aliphatic rings. The van der Waals surface area contributed by atoms with Gasteiger partial charge in [0.1, 0.15) is 11.6 Å². The molecule has 0 spiro atoms. The smallest absolute Gasteiger partial charge is 0.128 e. The van der Waals surface area contributed by atoms with Crippen LogP contribution < -0.4 is 10.5 Å². The SMILES string of the molecule is CC1CCC(Oc2cc(F)cc(C#CCN)c2)CC1. The second-order valence-corrected chi connectivity index (χ2v) is 5.18. The van der Waals surface area contributed by atoms with Crippen molar-refractivity contribution in [3.63, 3.8) is 0 Å². The zero-order valence-corrected chi connectivity index (χ0v) is 11.3. The summed E-state index contributed by atoms with van der Waals surface area (Å²) in [6.45, 7) is 2.53. The highest BCUT2D eigenvalue weighted by Crippen LogP contribution is 2.27. The molecule has 1 fully saturated rings. The Morgan fingerprint density at radius 2 is 2.00 bits per heavy atom. The van der Waals surface area contributed by atoms with Crippen molar-refractivity contribution in [1.29, 1.82) is 0 Å². The van der Waals surface area contributed by atoms with Crippen LogP contribution in [0.2, 0.25) is 0 Å². The van der Waals surface area contributed by atoms with E-state index < -0.39 is 0 Å². The summed E-state index contributed by atoms with van der Waals surface area (Å²) in [6, 6.07) is 4.61. The van der Waals surface area contributed by atoms with Crippen molar-refractivity contribution in [1.82, 2.24) is 0 Å². The van der Waals surface area contributed by atoms with E-state index in [4.69, 9.17) is 10.5 Å². The lowest BCUT2D eigenvalue weighted by atomic mass is 9.89. The number of halogens is 1. The van der Waals surface area contributed by atoms with Gasteiger partial charge in [-0.3, -0.25) is 0 Å². The lowest BCUT2D eigenvalue weighted by molar-refractivity contribution is 0.135. The summed E-state index contributed by atoms with van der Waals surface area (Å²) in [7, 11) is 0. The first-order chi connectivity index (χ1) is 9.17. The second kappa shape index (κ2) is 6.58. The van der Waals surface area contributed by atoms with E-state index in [1.165, 1.54) is 25.0 Å². The summed E-state index contributed by atoms with van der Waals surface area (Å²) in [5.74, 6) is 6.59. The lowest BCUT2D eigenvalue weighted by Crippen LogP contribution is -2.23. The Morgan fingerprint density at radius 1 is 1.26 bits per heavy atom. The van der Waals surface area contributed by atoms with Crippen LogP contribution in [0.5, 0.6) is 5.75 Å². The molecule has 0 unspecified atom stereocenters. The Morgan fingerprint density at radius 3 is 2.68 bits per heavy atom. The fraction of sp³-hybridized carbons (Fsp3) is 0.500. The quantitative estimate of drug-likeness (QED) is 0.830. The molecule has 19 heavy (non-hydrogen) atoms. The average molecular weight is 261 g/mol. The number of ether oxygens (including phenoxy) is 1. The zero-order chi connectivity index (χ0) is 13.7. The summed E-state index contributed by atoms with van der Waals surface area (Å²) in [4.78, 5) is 0. The van der Waals surface area contributed by atoms with Crippen LogP contribution in [0.25, 0.3) is 0 Å². The van der Waals surface area contributed by atoms with Crippen LogP contribution in [-0.4, -0.2) is 12.6 Å². The van der Waals surface area contributed by atoms with Crippen molar-refractivity contribution in [3.05, 3.63) is 29.6 Å². The Kier molecular flexibility index (Phi) is 4.81. The lowest BCUT2D eigenvalue weighted by Gasteiger charge is -2.26. The van der Waals surface area contributed by atoms with Crippen LogP contribution in [-0.2, 0) is 0 Å². The maximum atomic E-state index is 13.5. The Labute approximate surface area is 114 Å². The second-order valence-electron chi connectivity index (χ2n) is 5.18. The molecule has 3 heteroatoms. The van der Waals surface area contributed by atoms with Gasteiger partial charge in [-0.2, -0.15) is 0 Å². The highest BCUT2D eigenvalue weighted by Gasteiger charge is 2.19. The Balaban J connectivity index is 2.05. The van der Waals surface area contributed by atoms with Gasteiger partial charge >= 0.3 is 0 Å². The van der Waals surface area contributed by atoms with Gasteiger partial charge in [-0.05, 0) is 43.7 Å². The van der Waals surface area contributed by atoms with Crippen LogP contribution >= 0.6 is 0 Å². The van der Waals surface area contributed by atoms with E-state index in [2.05, 4.69) is 18.8 Å². The van der Waals surface area contributed by atoms with E-state index in [-0.39, 0.29) is 18.5 Å². The first kappa shape index (κ1) is 13.9. The van der Waals surface area contributed by atoms with Crippen molar-refractivity contribution < 1.29 is 9.13 Å². The summed E-state index contributed by atoms with van der Waals surface area (Å²) < 4.78 is 19.4. The third kappa shape index (κ3) is 4.25. The van der Waals surface area contributed by atoms with E-state index >= 15 is 0 Å². The highest BCUT2D eigenvalue weighted by atomic mass is 19.1. The largest absolute Gasteiger partial charge is 0.490 e.